The number of aryl methyl sites for hydroxylation is 1. The second-order valence-corrected chi connectivity index (χ2v) is 6.34. The summed E-state index contributed by atoms with van der Waals surface area (Å²) in [5.41, 5.74) is 3.98. The third-order valence-electron chi connectivity index (χ3n) is 3.87. The van der Waals surface area contributed by atoms with Gasteiger partial charge >= 0.3 is 0 Å². The first-order valence-corrected chi connectivity index (χ1v) is 9.17. The summed E-state index contributed by atoms with van der Waals surface area (Å²) in [6.07, 6.45) is 6.89. The van der Waals surface area contributed by atoms with Crippen LogP contribution in [0.2, 0.25) is 0 Å². The van der Waals surface area contributed by atoms with Crippen molar-refractivity contribution in [1.82, 2.24) is 5.32 Å². The molecule has 1 unspecified atom stereocenters. The number of hydrogen-bond donors (Lipinski definition) is 2. The van der Waals surface area contributed by atoms with Crippen LogP contribution in [0.3, 0.4) is 0 Å². The van der Waals surface area contributed by atoms with Crippen LogP contribution in [0.15, 0.2) is 53.3 Å². The fourth-order valence-corrected chi connectivity index (χ4v) is 2.69. The molecule has 0 radical (unpaired) electrons. The van der Waals surface area contributed by atoms with E-state index in [1.165, 1.54) is 18.6 Å². The number of rotatable bonds is 4. The van der Waals surface area contributed by atoms with Crippen LogP contribution in [0.4, 0.5) is 11.4 Å². The largest absolute Gasteiger partial charge is 0.379 e. The van der Waals surface area contributed by atoms with Gasteiger partial charge < -0.3 is 10.6 Å². The minimum Gasteiger partial charge on any atom is -0.379 e. The third kappa shape index (κ3) is 5.81. The van der Waals surface area contributed by atoms with Crippen molar-refractivity contribution in [2.75, 3.05) is 5.32 Å². The predicted molar refractivity (Wildman–Crippen MR) is 111 cm³/mol. The van der Waals surface area contributed by atoms with Crippen molar-refractivity contribution in [2.45, 2.75) is 54.0 Å². The molecule has 0 aromatic heterocycles. The van der Waals surface area contributed by atoms with E-state index in [-0.39, 0.29) is 17.6 Å². The number of hydrogen-bond acceptors (Lipinski definition) is 4. The molecule has 0 saturated carbocycles. The Bertz CT molecular complexity index is 792. The number of anilines is 1. The van der Waals surface area contributed by atoms with Crippen LogP contribution >= 0.6 is 0 Å². The van der Waals surface area contributed by atoms with E-state index >= 15 is 0 Å². The molecule has 1 atom stereocenters. The average Bonchev–Trinajstić information content (AvgIpc) is 2.92. The fourth-order valence-electron chi connectivity index (χ4n) is 2.69. The molecule has 146 valence electrons. The molecule has 2 N–H and O–H groups in total. The number of nitrogens with zero attached hydrogens (tertiary/aromatic N) is 1. The maximum atomic E-state index is 12.1. The van der Waals surface area contributed by atoms with Crippen LogP contribution < -0.4 is 10.6 Å². The van der Waals surface area contributed by atoms with Gasteiger partial charge in [0.15, 0.2) is 0 Å². The van der Waals surface area contributed by atoms with Crippen molar-refractivity contribution in [2.24, 2.45) is 0 Å². The summed E-state index contributed by atoms with van der Waals surface area (Å²) in [4.78, 5) is 22.5. The zero-order valence-electron chi connectivity index (χ0n) is 16.9. The molecule has 1 fully saturated rings. The van der Waals surface area contributed by atoms with Gasteiger partial charge in [-0.3, -0.25) is 14.9 Å². The normalized spacial score (nSPS) is 18.9. The number of nitro groups is 1. The SMILES string of the molecule is C/C=C1C(=C/C(C)Nc2ccc([N+](=O)[O-])cc2C)/C(=O)NC/1=C/C.CCC. The highest BCUT2D eigenvalue weighted by atomic mass is 16.6. The van der Waals surface area contributed by atoms with Gasteiger partial charge in [0.2, 0.25) is 0 Å². The van der Waals surface area contributed by atoms with Crippen molar-refractivity contribution in [3.8, 4) is 0 Å². The second kappa shape index (κ2) is 10.3. The van der Waals surface area contributed by atoms with Crippen molar-refractivity contribution < 1.29 is 9.72 Å². The summed E-state index contributed by atoms with van der Waals surface area (Å²) >= 11 is 0. The summed E-state index contributed by atoms with van der Waals surface area (Å²) in [7, 11) is 0. The van der Waals surface area contributed by atoms with Gasteiger partial charge in [-0.15, -0.1) is 0 Å². The highest BCUT2D eigenvalue weighted by molar-refractivity contribution is 6.05. The molecule has 1 aromatic rings. The second-order valence-electron chi connectivity index (χ2n) is 6.34. The van der Waals surface area contributed by atoms with Crippen molar-refractivity contribution in [3.63, 3.8) is 0 Å². The van der Waals surface area contributed by atoms with E-state index in [9.17, 15) is 14.9 Å². The molecule has 27 heavy (non-hydrogen) atoms. The maximum Gasteiger partial charge on any atom is 0.269 e. The molecule has 1 aliphatic heterocycles. The van der Waals surface area contributed by atoms with Crippen molar-refractivity contribution >= 4 is 17.3 Å². The molecule has 1 amide bonds. The van der Waals surface area contributed by atoms with Gasteiger partial charge in [0.05, 0.1) is 4.92 Å². The van der Waals surface area contributed by atoms with E-state index in [1.807, 2.05) is 45.9 Å². The topological polar surface area (TPSA) is 84.3 Å². The lowest BCUT2D eigenvalue weighted by Crippen LogP contribution is -2.17. The standard InChI is InChI=1S/C18H21N3O3.C3H8/c1-5-14-15(18(22)20-16(14)6-2)10-12(4)19-17-8-7-13(21(23)24)9-11(17)3;1-3-2/h5-10,12,19H,1-4H3,(H,20,22);3H2,1-2H3/b14-5-,15-10-,16-6+;. The molecule has 6 heteroatoms. The number of amides is 1. The van der Waals surface area contributed by atoms with E-state index < -0.39 is 4.92 Å². The number of benzene rings is 1. The molecule has 1 heterocycles. The van der Waals surface area contributed by atoms with E-state index in [1.54, 1.807) is 6.07 Å². The van der Waals surface area contributed by atoms with Gasteiger partial charge in [0, 0.05) is 40.7 Å². The van der Waals surface area contributed by atoms with E-state index in [2.05, 4.69) is 24.5 Å². The Balaban J connectivity index is 0.00000114. The van der Waals surface area contributed by atoms with Gasteiger partial charge in [0.25, 0.3) is 11.6 Å². The van der Waals surface area contributed by atoms with Gasteiger partial charge in [-0.2, -0.15) is 0 Å². The summed E-state index contributed by atoms with van der Waals surface area (Å²) in [6, 6.07) is 4.56. The van der Waals surface area contributed by atoms with E-state index in [0.717, 1.165) is 22.5 Å². The highest BCUT2D eigenvalue weighted by Gasteiger charge is 2.26. The average molecular weight is 371 g/mol. The quantitative estimate of drug-likeness (QED) is 0.442. The zero-order chi connectivity index (χ0) is 20.6. The monoisotopic (exact) mass is 371 g/mol. The minimum absolute atomic E-state index is 0.0631. The first-order valence-electron chi connectivity index (χ1n) is 9.17. The Morgan fingerprint density at radius 1 is 1.22 bits per heavy atom. The Kier molecular flexibility index (Phi) is 8.45. The summed E-state index contributed by atoms with van der Waals surface area (Å²) in [6.45, 7) is 11.8. The predicted octanol–water partition coefficient (Wildman–Crippen LogP) is 5.03. The number of nitro benzene ring substituents is 1. The molecule has 0 spiro atoms. The van der Waals surface area contributed by atoms with Crippen LogP contribution in [0, 0.1) is 17.0 Å². The molecule has 2 rings (SSSR count). The molecule has 6 nitrogen and oxygen atoms in total. The third-order valence-corrected chi connectivity index (χ3v) is 3.87. The molecule has 1 aromatic carbocycles. The zero-order valence-corrected chi connectivity index (χ0v) is 16.9. The van der Waals surface area contributed by atoms with Gasteiger partial charge in [0.1, 0.15) is 0 Å². The number of carbonyl (C=O) groups excluding carboxylic acids is 1. The molecular formula is C21H29N3O3. The van der Waals surface area contributed by atoms with Crippen LogP contribution in [-0.4, -0.2) is 16.9 Å². The van der Waals surface area contributed by atoms with Gasteiger partial charge in [-0.05, 0) is 45.4 Å². The van der Waals surface area contributed by atoms with Crippen LogP contribution in [0.5, 0.6) is 0 Å². The fraction of sp³-hybridized carbons (Fsp3) is 0.381. The first-order chi connectivity index (χ1) is 12.8. The summed E-state index contributed by atoms with van der Waals surface area (Å²) in [5.74, 6) is -0.120. The lowest BCUT2D eigenvalue weighted by Gasteiger charge is -2.14. The Morgan fingerprint density at radius 2 is 1.85 bits per heavy atom. The van der Waals surface area contributed by atoms with Gasteiger partial charge in [-0.1, -0.05) is 32.4 Å². The summed E-state index contributed by atoms with van der Waals surface area (Å²) in [5, 5.41) is 16.9. The Morgan fingerprint density at radius 3 is 2.33 bits per heavy atom. The molecular weight excluding hydrogens is 342 g/mol. The molecule has 0 aliphatic carbocycles. The maximum absolute atomic E-state index is 12.1. The number of nitrogens with one attached hydrogen (secondary N) is 2. The lowest BCUT2D eigenvalue weighted by atomic mass is 10.0. The van der Waals surface area contributed by atoms with Gasteiger partial charge in [-0.25, -0.2) is 0 Å². The number of carbonyl (C=O) groups is 1. The summed E-state index contributed by atoms with van der Waals surface area (Å²) < 4.78 is 0. The Labute approximate surface area is 161 Å². The number of allylic oxidation sites excluding steroid dienone is 3. The van der Waals surface area contributed by atoms with Crippen LogP contribution in [-0.2, 0) is 4.79 Å². The first kappa shape index (κ1) is 22.2. The van der Waals surface area contributed by atoms with Crippen molar-refractivity contribution in [1.29, 1.82) is 0 Å². The van der Waals surface area contributed by atoms with E-state index in [4.69, 9.17) is 0 Å². The van der Waals surface area contributed by atoms with Crippen LogP contribution in [0.25, 0.3) is 0 Å². The van der Waals surface area contributed by atoms with Crippen LogP contribution in [0.1, 0.15) is 46.6 Å². The molecule has 1 saturated heterocycles. The molecule has 1 aliphatic rings. The lowest BCUT2D eigenvalue weighted by molar-refractivity contribution is -0.384. The number of non-ortho nitro benzene ring substituents is 1. The van der Waals surface area contributed by atoms with Crippen molar-refractivity contribution in [3.05, 3.63) is 68.9 Å². The minimum atomic E-state index is -0.415. The Hall–Kier alpha value is -2.89. The smallest absolute Gasteiger partial charge is 0.269 e. The molecule has 0 bridgehead atoms. The van der Waals surface area contributed by atoms with E-state index in [0.29, 0.717) is 5.57 Å². The highest BCUT2D eigenvalue weighted by Crippen LogP contribution is 2.27.